The molecule has 1 aromatic carbocycles. The molecule has 2 atom stereocenters. The molecule has 7 heteroatoms. The van der Waals surface area contributed by atoms with Crippen LogP contribution in [0.2, 0.25) is 0 Å². The van der Waals surface area contributed by atoms with Gasteiger partial charge in [-0.2, -0.15) is 9.50 Å². The van der Waals surface area contributed by atoms with E-state index in [9.17, 15) is 4.79 Å². The van der Waals surface area contributed by atoms with Gasteiger partial charge in [-0.25, -0.2) is 4.98 Å². The zero-order valence-electron chi connectivity index (χ0n) is 17.5. The van der Waals surface area contributed by atoms with E-state index in [2.05, 4.69) is 22.0 Å². The molecule has 7 nitrogen and oxygen atoms in total. The minimum atomic E-state index is -0.0327. The van der Waals surface area contributed by atoms with E-state index >= 15 is 0 Å². The molecule has 0 bridgehead atoms. The molecule has 0 N–H and O–H groups in total. The Morgan fingerprint density at radius 3 is 2.70 bits per heavy atom. The Morgan fingerprint density at radius 1 is 1.10 bits per heavy atom. The molecule has 1 aliphatic carbocycles. The third kappa shape index (κ3) is 2.88. The van der Waals surface area contributed by atoms with Crippen LogP contribution in [-0.2, 0) is 0 Å². The first-order chi connectivity index (χ1) is 14.6. The molecule has 154 valence electrons. The van der Waals surface area contributed by atoms with Crippen molar-refractivity contribution in [3.05, 3.63) is 52.7 Å². The van der Waals surface area contributed by atoms with E-state index in [1.54, 1.807) is 11.6 Å². The molecule has 1 fully saturated rings. The van der Waals surface area contributed by atoms with Crippen LogP contribution in [0.4, 0.5) is 0 Å². The SMILES string of the molecule is COc1ccccc1-c1c2c(=O)n([C@H]3CCCC[C@H]3C)ccc2nc2nc(C)nn12. The molecule has 0 spiro atoms. The number of hydrogen-bond donors (Lipinski definition) is 0. The smallest absolute Gasteiger partial charge is 0.262 e. The molecule has 0 unspecified atom stereocenters. The molecular formula is C23H25N5O2. The second-order valence-corrected chi connectivity index (χ2v) is 8.15. The summed E-state index contributed by atoms with van der Waals surface area (Å²) in [6.45, 7) is 4.07. The first kappa shape index (κ1) is 18.8. The average molecular weight is 403 g/mol. The molecule has 5 rings (SSSR count). The molecule has 0 amide bonds. The van der Waals surface area contributed by atoms with Crippen molar-refractivity contribution in [3.8, 4) is 17.0 Å². The topological polar surface area (TPSA) is 74.3 Å². The van der Waals surface area contributed by atoms with Crippen LogP contribution >= 0.6 is 0 Å². The Labute approximate surface area is 174 Å². The summed E-state index contributed by atoms with van der Waals surface area (Å²) in [4.78, 5) is 22.9. The van der Waals surface area contributed by atoms with Crippen molar-refractivity contribution >= 4 is 16.7 Å². The van der Waals surface area contributed by atoms with Crippen molar-refractivity contribution in [1.82, 2.24) is 24.1 Å². The number of aromatic nitrogens is 5. The van der Waals surface area contributed by atoms with Crippen LogP contribution in [0.15, 0.2) is 41.3 Å². The standard InChI is InChI=1S/C23H25N5O2/c1-14-8-4-6-10-18(14)27-13-12-17-20(22(27)29)21(16-9-5-7-11-19(16)30-3)28-23(25-17)24-15(2)26-28/h5,7,9,11-14,18H,4,6,8,10H2,1-3H3/t14-,18+/m1/s1. The van der Waals surface area contributed by atoms with Gasteiger partial charge in [0.15, 0.2) is 0 Å². The highest BCUT2D eigenvalue weighted by atomic mass is 16.5. The molecule has 1 aliphatic rings. The van der Waals surface area contributed by atoms with Gasteiger partial charge in [-0.15, -0.1) is 5.10 Å². The van der Waals surface area contributed by atoms with Gasteiger partial charge in [0.1, 0.15) is 11.6 Å². The van der Waals surface area contributed by atoms with Crippen molar-refractivity contribution < 1.29 is 4.74 Å². The Bertz CT molecular complexity index is 1310. The largest absolute Gasteiger partial charge is 0.496 e. The Balaban J connectivity index is 1.89. The van der Waals surface area contributed by atoms with Gasteiger partial charge in [0.25, 0.3) is 11.3 Å². The van der Waals surface area contributed by atoms with Crippen LogP contribution in [0, 0.1) is 12.8 Å². The summed E-state index contributed by atoms with van der Waals surface area (Å²) >= 11 is 0. The van der Waals surface area contributed by atoms with Gasteiger partial charge in [0.05, 0.1) is 23.7 Å². The fourth-order valence-electron chi connectivity index (χ4n) is 4.76. The first-order valence-electron chi connectivity index (χ1n) is 10.5. The van der Waals surface area contributed by atoms with Crippen LogP contribution in [0.5, 0.6) is 5.75 Å². The normalized spacial score (nSPS) is 19.4. The summed E-state index contributed by atoms with van der Waals surface area (Å²) in [5.41, 5.74) is 2.07. The number of benzene rings is 1. The van der Waals surface area contributed by atoms with Crippen molar-refractivity contribution in [1.29, 1.82) is 0 Å². The monoisotopic (exact) mass is 403 g/mol. The molecule has 0 saturated heterocycles. The number of methoxy groups -OCH3 is 1. The summed E-state index contributed by atoms with van der Waals surface area (Å²) in [5, 5.41) is 5.11. The number of aryl methyl sites for hydroxylation is 1. The second-order valence-electron chi connectivity index (χ2n) is 8.15. The van der Waals surface area contributed by atoms with E-state index in [-0.39, 0.29) is 11.6 Å². The van der Waals surface area contributed by atoms with E-state index in [4.69, 9.17) is 4.74 Å². The van der Waals surface area contributed by atoms with Gasteiger partial charge in [0.2, 0.25) is 0 Å². The van der Waals surface area contributed by atoms with E-state index in [0.29, 0.717) is 39.9 Å². The average Bonchev–Trinajstić information content (AvgIpc) is 3.13. The molecule has 3 aromatic heterocycles. The molecule has 1 saturated carbocycles. The minimum absolute atomic E-state index is 0.0327. The quantitative estimate of drug-likeness (QED) is 0.513. The van der Waals surface area contributed by atoms with E-state index in [0.717, 1.165) is 24.8 Å². The van der Waals surface area contributed by atoms with Crippen molar-refractivity contribution in [2.45, 2.75) is 45.6 Å². The van der Waals surface area contributed by atoms with E-state index in [1.807, 2.05) is 48.0 Å². The zero-order valence-corrected chi connectivity index (χ0v) is 17.5. The molecule has 4 aromatic rings. The summed E-state index contributed by atoms with van der Waals surface area (Å²) < 4.78 is 9.19. The van der Waals surface area contributed by atoms with Gasteiger partial charge in [-0.3, -0.25) is 4.79 Å². The predicted molar refractivity (Wildman–Crippen MR) is 116 cm³/mol. The summed E-state index contributed by atoms with van der Waals surface area (Å²) in [7, 11) is 1.63. The second kappa shape index (κ2) is 7.23. The maximum absolute atomic E-state index is 13.8. The lowest BCUT2D eigenvalue weighted by Gasteiger charge is -2.30. The van der Waals surface area contributed by atoms with Crippen LogP contribution in [0.1, 0.15) is 44.5 Å². The van der Waals surface area contributed by atoms with E-state index < -0.39 is 0 Å². The number of hydrogen-bond acceptors (Lipinski definition) is 5. The minimum Gasteiger partial charge on any atom is -0.496 e. The lowest BCUT2D eigenvalue weighted by atomic mass is 9.85. The number of rotatable bonds is 3. The number of para-hydroxylation sites is 1. The number of ether oxygens (including phenoxy) is 1. The van der Waals surface area contributed by atoms with Gasteiger partial charge in [-0.1, -0.05) is 31.9 Å². The highest BCUT2D eigenvalue weighted by Crippen LogP contribution is 2.35. The van der Waals surface area contributed by atoms with Crippen molar-refractivity contribution in [2.75, 3.05) is 7.11 Å². The summed E-state index contributed by atoms with van der Waals surface area (Å²) in [6, 6.07) is 9.82. The lowest BCUT2D eigenvalue weighted by molar-refractivity contribution is 0.253. The fraction of sp³-hybridized carbons (Fsp3) is 0.391. The van der Waals surface area contributed by atoms with Crippen LogP contribution in [-0.4, -0.2) is 31.3 Å². The van der Waals surface area contributed by atoms with Gasteiger partial charge in [-0.05, 0) is 43.9 Å². The molecule has 0 radical (unpaired) electrons. The maximum atomic E-state index is 13.8. The first-order valence-corrected chi connectivity index (χ1v) is 10.5. The Hall–Kier alpha value is -3.22. The molecule has 3 heterocycles. The number of nitrogens with zero attached hydrogens (tertiary/aromatic N) is 5. The Morgan fingerprint density at radius 2 is 1.90 bits per heavy atom. The Kier molecular flexibility index (Phi) is 4.53. The molecular weight excluding hydrogens is 378 g/mol. The predicted octanol–water partition coefficient (Wildman–Crippen LogP) is 4.17. The highest BCUT2D eigenvalue weighted by molar-refractivity contribution is 5.94. The highest BCUT2D eigenvalue weighted by Gasteiger charge is 2.26. The van der Waals surface area contributed by atoms with Crippen molar-refractivity contribution in [3.63, 3.8) is 0 Å². The lowest BCUT2D eigenvalue weighted by Crippen LogP contribution is -2.31. The molecule has 0 aliphatic heterocycles. The van der Waals surface area contributed by atoms with Crippen LogP contribution < -0.4 is 10.3 Å². The third-order valence-electron chi connectivity index (χ3n) is 6.25. The van der Waals surface area contributed by atoms with Gasteiger partial charge < -0.3 is 9.30 Å². The zero-order chi connectivity index (χ0) is 20.8. The fourth-order valence-corrected chi connectivity index (χ4v) is 4.76. The van der Waals surface area contributed by atoms with Gasteiger partial charge >= 0.3 is 0 Å². The molecule has 30 heavy (non-hydrogen) atoms. The third-order valence-corrected chi connectivity index (χ3v) is 6.25. The summed E-state index contributed by atoms with van der Waals surface area (Å²) in [5.74, 6) is 2.23. The maximum Gasteiger partial charge on any atom is 0.262 e. The van der Waals surface area contributed by atoms with Crippen LogP contribution in [0.3, 0.4) is 0 Å². The van der Waals surface area contributed by atoms with E-state index in [1.165, 1.54) is 6.42 Å². The number of fused-ring (bicyclic) bond motifs is 2. The summed E-state index contributed by atoms with van der Waals surface area (Å²) in [6.07, 6.45) is 6.45. The number of pyridine rings is 1. The van der Waals surface area contributed by atoms with Crippen LogP contribution in [0.25, 0.3) is 27.9 Å². The van der Waals surface area contributed by atoms with Gasteiger partial charge in [0, 0.05) is 17.8 Å². The van der Waals surface area contributed by atoms with Crippen molar-refractivity contribution in [2.24, 2.45) is 5.92 Å².